The minimum Gasteiger partial charge on any atom is -0.508 e. The largest absolute Gasteiger partial charge is 0.508 e. The summed E-state index contributed by atoms with van der Waals surface area (Å²) < 4.78 is 5.10. The fourth-order valence-electron chi connectivity index (χ4n) is 2.24. The molecule has 0 aliphatic rings. The molecule has 0 atom stereocenters. The van der Waals surface area contributed by atoms with Gasteiger partial charge in [-0.05, 0) is 48.7 Å². The Bertz CT molecular complexity index is 840. The van der Waals surface area contributed by atoms with Crippen LogP contribution in [0.25, 0.3) is 9.69 Å². The maximum absolute atomic E-state index is 9.85. The lowest BCUT2D eigenvalue weighted by Crippen LogP contribution is -1.95. The van der Waals surface area contributed by atoms with Crippen molar-refractivity contribution in [3.63, 3.8) is 0 Å². The molecule has 0 aliphatic carbocycles. The van der Waals surface area contributed by atoms with Gasteiger partial charge in [0.1, 0.15) is 17.2 Å². The molecule has 2 N–H and O–H groups in total. The van der Waals surface area contributed by atoms with E-state index < -0.39 is 0 Å². The van der Waals surface area contributed by atoms with Crippen LogP contribution in [0.15, 0.2) is 53.9 Å². The first kappa shape index (κ1) is 16.9. The zero-order chi connectivity index (χ0) is 17.5. The molecule has 0 saturated carbocycles. The van der Waals surface area contributed by atoms with Gasteiger partial charge in [0.15, 0.2) is 11.4 Å². The van der Waals surface area contributed by atoms with Gasteiger partial charge in [-0.3, -0.25) is 9.69 Å². The molecule has 0 fully saturated rings. The van der Waals surface area contributed by atoms with E-state index in [1.165, 1.54) is 18.2 Å². The maximum Gasteiger partial charge on any atom is 0.173 e. The van der Waals surface area contributed by atoms with Crippen LogP contribution >= 0.6 is 0 Å². The van der Waals surface area contributed by atoms with E-state index in [9.17, 15) is 10.2 Å². The highest BCUT2D eigenvalue weighted by atomic mass is 16.5. The number of phenolic OH excluding ortho intramolecular Hbond substituents is 2. The van der Waals surface area contributed by atoms with Gasteiger partial charge in [-0.1, -0.05) is 17.7 Å². The van der Waals surface area contributed by atoms with E-state index in [-0.39, 0.29) is 23.6 Å². The lowest BCUT2D eigenvalue weighted by atomic mass is 10.0. The average molecular weight is 320 g/mol. The summed E-state index contributed by atoms with van der Waals surface area (Å²) in [6.07, 6.45) is 0.419. The Morgan fingerprint density at radius 1 is 0.958 bits per heavy atom. The number of benzene rings is 2. The van der Waals surface area contributed by atoms with Gasteiger partial charge in [0.2, 0.25) is 0 Å². The first-order valence-electron chi connectivity index (χ1n) is 7.18. The number of phenols is 2. The highest BCUT2D eigenvalue weighted by molar-refractivity contribution is 5.44. The molecule has 0 spiro atoms. The highest BCUT2D eigenvalue weighted by Gasteiger charge is 2.13. The minimum atomic E-state index is -0.0114. The zero-order valence-corrected chi connectivity index (χ0v) is 13.2. The van der Waals surface area contributed by atoms with Gasteiger partial charge in [-0.15, -0.1) is 0 Å². The van der Waals surface area contributed by atoms with Crippen molar-refractivity contribution in [1.29, 1.82) is 0 Å². The van der Waals surface area contributed by atoms with E-state index in [1.807, 2.05) is 12.1 Å². The summed E-state index contributed by atoms with van der Waals surface area (Å²) in [5, 5.41) is 19.4. The smallest absolute Gasteiger partial charge is 0.173 e. The van der Waals surface area contributed by atoms with Crippen molar-refractivity contribution < 1.29 is 14.9 Å². The Morgan fingerprint density at radius 3 is 2.17 bits per heavy atom. The molecular weight excluding hydrogens is 304 g/mol. The monoisotopic (exact) mass is 320 g/mol. The van der Waals surface area contributed by atoms with Crippen molar-refractivity contribution >= 4 is 0 Å². The predicted octanol–water partition coefficient (Wildman–Crippen LogP) is 3.94. The molecule has 0 heterocycles. The molecule has 2 rings (SSSR count). The SMILES string of the molecule is [C-]#[N+]/C(Cc1ccc(OC)cc1)=C(\Cc1cc(O)ccc1O)[N+]#[C-]. The Balaban J connectivity index is 2.30. The molecule has 0 radical (unpaired) electrons. The Kier molecular flexibility index (Phi) is 5.44. The lowest BCUT2D eigenvalue weighted by molar-refractivity contribution is 0.414. The average Bonchev–Trinajstić information content (AvgIpc) is 2.61. The fraction of sp³-hybridized carbons (Fsp3) is 0.158. The first-order valence-corrected chi connectivity index (χ1v) is 7.18. The van der Waals surface area contributed by atoms with Crippen molar-refractivity contribution in [2.45, 2.75) is 12.8 Å². The third-order valence-corrected chi connectivity index (χ3v) is 3.55. The van der Waals surface area contributed by atoms with Crippen LogP contribution < -0.4 is 4.74 Å². The molecule has 5 heteroatoms. The van der Waals surface area contributed by atoms with Gasteiger partial charge in [-0.2, -0.15) is 0 Å². The van der Waals surface area contributed by atoms with Crippen molar-refractivity contribution in [3.8, 4) is 17.2 Å². The molecule has 0 aliphatic heterocycles. The molecule has 120 valence electrons. The summed E-state index contributed by atoms with van der Waals surface area (Å²) in [6.45, 7) is 14.7. The van der Waals surface area contributed by atoms with Gasteiger partial charge >= 0.3 is 0 Å². The summed E-state index contributed by atoms with van der Waals surface area (Å²) in [6, 6.07) is 11.4. The molecule has 2 aromatic carbocycles. The normalized spacial score (nSPS) is 11.1. The molecule has 2 aromatic rings. The molecule has 0 bridgehead atoms. The van der Waals surface area contributed by atoms with Gasteiger partial charge in [0, 0.05) is 0 Å². The number of ether oxygens (including phenoxy) is 1. The number of hydrogen-bond donors (Lipinski definition) is 2. The fourth-order valence-corrected chi connectivity index (χ4v) is 2.24. The van der Waals surface area contributed by atoms with Gasteiger partial charge in [-0.25, -0.2) is 0 Å². The highest BCUT2D eigenvalue weighted by Crippen LogP contribution is 2.27. The van der Waals surface area contributed by atoms with E-state index >= 15 is 0 Å². The second-order valence-electron chi connectivity index (χ2n) is 5.13. The molecule has 0 unspecified atom stereocenters. The predicted molar refractivity (Wildman–Crippen MR) is 90.4 cm³/mol. The van der Waals surface area contributed by atoms with Crippen LogP contribution in [-0.4, -0.2) is 17.3 Å². The second-order valence-corrected chi connectivity index (χ2v) is 5.13. The Hall–Kier alpha value is -3.44. The zero-order valence-electron chi connectivity index (χ0n) is 13.2. The van der Waals surface area contributed by atoms with Crippen LogP contribution in [0, 0.1) is 13.1 Å². The summed E-state index contributed by atoms with van der Waals surface area (Å²) >= 11 is 0. The molecule has 0 aromatic heterocycles. The summed E-state index contributed by atoms with van der Waals surface area (Å²) in [5.74, 6) is 0.719. The van der Waals surface area contributed by atoms with Gasteiger partial charge < -0.3 is 14.9 Å². The van der Waals surface area contributed by atoms with Crippen molar-refractivity contribution in [3.05, 3.63) is 87.8 Å². The quantitative estimate of drug-likeness (QED) is 0.648. The third kappa shape index (κ3) is 4.06. The molecular formula is C19H16N2O3. The summed E-state index contributed by atoms with van der Waals surface area (Å²) in [7, 11) is 1.58. The summed E-state index contributed by atoms with van der Waals surface area (Å²) in [4.78, 5) is 6.94. The van der Waals surface area contributed by atoms with E-state index in [2.05, 4.69) is 9.69 Å². The molecule has 0 amide bonds. The van der Waals surface area contributed by atoms with Gasteiger partial charge in [0.25, 0.3) is 0 Å². The number of methoxy groups -OCH3 is 1. The van der Waals surface area contributed by atoms with Crippen LogP contribution in [0.4, 0.5) is 0 Å². The Morgan fingerprint density at radius 2 is 1.58 bits per heavy atom. The molecule has 24 heavy (non-hydrogen) atoms. The number of allylic oxidation sites excluding steroid dienone is 2. The summed E-state index contributed by atoms with van der Waals surface area (Å²) in [5.41, 5.74) is 1.87. The van der Waals surface area contributed by atoms with E-state index in [4.69, 9.17) is 17.9 Å². The second kappa shape index (κ2) is 7.71. The topological polar surface area (TPSA) is 58.4 Å². The van der Waals surface area contributed by atoms with Crippen LogP contribution in [0.1, 0.15) is 11.1 Å². The lowest BCUT2D eigenvalue weighted by Gasteiger charge is -2.07. The van der Waals surface area contributed by atoms with Crippen LogP contribution in [-0.2, 0) is 12.8 Å². The standard InChI is InChI=1S/C19H16N2O3/c1-20-17(10-13-4-7-16(24-3)8-5-13)18(21-2)12-14-11-15(22)6-9-19(14)23/h4-9,11,22-23H,10,12H2,3H3/b18-17+. The minimum absolute atomic E-state index is 0.00615. The van der Waals surface area contributed by atoms with E-state index in [0.717, 1.165) is 11.3 Å². The van der Waals surface area contributed by atoms with Crippen molar-refractivity contribution in [2.75, 3.05) is 7.11 Å². The van der Waals surface area contributed by atoms with Crippen LogP contribution in [0.2, 0.25) is 0 Å². The molecule has 0 saturated heterocycles. The number of aromatic hydroxyl groups is 2. The van der Waals surface area contributed by atoms with E-state index in [0.29, 0.717) is 17.7 Å². The van der Waals surface area contributed by atoms with Crippen molar-refractivity contribution in [2.24, 2.45) is 0 Å². The van der Waals surface area contributed by atoms with E-state index in [1.54, 1.807) is 19.2 Å². The van der Waals surface area contributed by atoms with Gasteiger partial charge in [0.05, 0.1) is 20.3 Å². The first-order chi connectivity index (χ1) is 11.6. The Labute approximate surface area is 140 Å². The van der Waals surface area contributed by atoms with Crippen molar-refractivity contribution in [1.82, 2.24) is 0 Å². The maximum atomic E-state index is 9.85. The van der Waals surface area contributed by atoms with Crippen LogP contribution in [0.3, 0.4) is 0 Å². The molecule has 5 nitrogen and oxygen atoms in total. The number of nitrogens with zero attached hydrogens (tertiary/aromatic N) is 2. The number of hydrogen-bond acceptors (Lipinski definition) is 3. The van der Waals surface area contributed by atoms with Crippen LogP contribution in [0.5, 0.6) is 17.2 Å². The number of rotatable bonds is 5. The third-order valence-electron chi connectivity index (χ3n) is 3.55.